The molecule has 24 heavy (non-hydrogen) atoms. The van der Waals surface area contributed by atoms with E-state index in [0.29, 0.717) is 0 Å². The molecule has 1 aromatic carbocycles. The summed E-state index contributed by atoms with van der Waals surface area (Å²) >= 11 is 4.93. The Morgan fingerprint density at radius 1 is 1.58 bits per heavy atom. The number of nitro benzene ring substituents is 1. The summed E-state index contributed by atoms with van der Waals surface area (Å²) in [6.07, 6.45) is 1.19. The minimum Gasteiger partial charge on any atom is -0.500 e. The summed E-state index contributed by atoms with van der Waals surface area (Å²) in [5, 5.41) is 30.9. The lowest BCUT2D eigenvalue weighted by Crippen LogP contribution is -2.22. The van der Waals surface area contributed by atoms with Crippen LogP contribution in [0.1, 0.15) is 18.2 Å². The van der Waals surface area contributed by atoms with Crippen molar-refractivity contribution in [3.63, 3.8) is 0 Å². The number of nitro groups is 1. The fraction of sp³-hybridized carbons (Fsp3) is 0.231. The molecule has 2 N–H and O–H groups in total. The molecule has 0 radical (unpaired) electrons. The van der Waals surface area contributed by atoms with Crippen molar-refractivity contribution < 1.29 is 14.8 Å². The zero-order valence-corrected chi connectivity index (χ0v) is 13.5. The number of rotatable bonds is 5. The number of phenolic OH excluding ortho intramolecular Hbond substituents is 1. The van der Waals surface area contributed by atoms with Crippen LogP contribution < -0.4 is 10.3 Å². The molecule has 2 aromatic rings. The number of aromatic nitrogens is 3. The molecule has 11 heteroatoms. The molecule has 0 saturated carbocycles. The van der Waals surface area contributed by atoms with Crippen LogP contribution in [0.15, 0.2) is 22.0 Å². The van der Waals surface area contributed by atoms with Crippen LogP contribution in [0.3, 0.4) is 0 Å². The summed E-state index contributed by atoms with van der Waals surface area (Å²) in [6, 6.07) is 2.47. The highest BCUT2D eigenvalue weighted by molar-refractivity contribution is 7.71. The number of benzene rings is 1. The fourth-order valence-electron chi connectivity index (χ4n) is 1.79. The predicted molar refractivity (Wildman–Crippen MR) is 87.3 cm³/mol. The number of aromatic hydroxyl groups is 1. The maximum Gasteiger partial charge on any atom is 0.315 e. The van der Waals surface area contributed by atoms with Gasteiger partial charge < -0.3 is 9.84 Å². The fourth-order valence-corrected chi connectivity index (χ4v) is 1.97. The normalized spacial score (nSPS) is 10.9. The first-order chi connectivity index (χ1) is 11.3. The lowest BCUT2D eigenvalue weighted by molar-refractivity contribution is -0.386. The van der Waals surface area contributed by atoms with Crippen LogP contribution in [0.25, 0.3) is 0 Å². The number of nitrogens with zero attached hydrogens (tertiary/aromatic N) is 4. The van der Waals surface area contributed by atoms with Crippen LogP contribution in [-0.4, -0.2) is 37.7 Å². The van der Waals surface area contributed by atoms with Crippen LogP contribution in [0.4, 0.5) is 5.69 Å². The van der Waals surface area contributed by atoms with E-state index in [9.17, 15) is 20.0 Å². The van der Waals surface area contributed by atoms with Gasteiger partial charge in [-0.05, 0) is 32.1 Å². The Bertz CT molecular complexity index is 933. The molecule has 0 aliphatic carbocycles. The van der Waals surface area contributed by atoms with E-state index in [1.54, 1.807) is 6.92 Å². The minimum atomic E-state index is -0.746. The van der Waals surface area contributed by atoms with Crippen molar-refractivity contribution in [2.24, 2.45) is 5.10 Å². The van der Waals surface area contributed by atoms with Gasteiger partial charge in [0.1, 0.15) is 5.69 Å². The van der Waals surface area contributed by atoms with Gasteiger partial charge in [0.2, 0.25) is 10.5 Å². The Morgan fingerprint density at radius 3 is 2.92 bits per heavy atom. The second kappa shape index (κ2) is 7.00. The standard InChI is InChI=1S/C13H13N5O5S/c1-3-23-10-5-8(4-9(11(10)19)18(21)22)6-14-17-12(20)7(2)15-16-13(17)24/h4-6,19H,3H2,1-2H3,(H,16,24)/b14-6+. The zero-order chi connectivity index (χ0) is 17.9. The average molecular weight is 351 g/mol. The van der Waals surface area contributed by atoms with E-state index in [4.69, 9.17) is 17.0 Å². The van der Waals surface area contributed by atoms with Crippen molar-refractivity contribution in [1.29, 1.82) is 0 Å². The highest BCUT2D eigenvalue weighted by Crippen LogP contribution is 2.36. The van der Waals surface area contributed by atoms with E-state index in [1.807, 2.05) is 0 Å². The van der Waals surface area contributed by atoms with Crippen LogP contribution >= 0.6 is 12.2 Å². The van der Waals surface area contributed by atoms with Crippen molar-refractivity contribution in [2.45, 2.75) is 13.8 Å². The molecular weight excluding hydrogens is 338 g/mol. The van der Waals surface area contributed by atoms with E-state index < -0.39 is 21.9 Å². The number of phenols is 1. The highest BCUT2D eigenvalue weighted by Gasteiger charge is 2.19. The summed E-state index contributed by atoms with van der Waals surface area (Å²) in [5.41, 5.74) is -0.648. The molecule has 1 heterocycles. The van der Waals surface area contributed by atoms with Crippen LogP contribution in [-0.2, 0) is 0 Å². The first kappa shape index (κ1) is 17.3. The smallest absolute Gasteiger partial charge is 0.315 e. The number of nitrogens with one attached hydrogen (secondary N) is 1. The van der Waals surface area contributed by atoms with Gasteiger partial charge in [0.05, 0.1) is 17.7 Å². The predicted octanol–water partition coefficient (Wildman–Crippen LogP) is 1.50. The summed E-state index contributed by atoms with van der Waals surface area (Å²) in [7, 11) is 0. The topological polar surface area (TPSA) is 136 Å². The van der Waals surface area contributed by atoms with Gasteiger partial charge in [0.25, 0.3) is 5.56 Å². The van der Waals surface area contributed by atoms with Crippen LogP contribution in [0.2, 0.25) is 0 Å². The van der Waals surface area contributed by atoms with E-state index in [0.717, 1.165) is 10.7 Å². The molecule has 10 nitrogen and oxygen atoms in total. The molecular formula is C13H13N5O5S. The number of hydrogen-bond acceptors (Lipinski definition) is 8. The minimum absolute atomic E-state index is 0.0276. The van der Waals surface area contributed by atoms with E-state index in [-0.39, 0.29) is 28.4 Å². The number of aromatic amines is 1. The lowest BCUT2D eigenvalue weighted by atomic mass is 10.2. The molecule has 0 spiro atoms. The molecule has 0 unspecified atom stereocenters. The monoisotopic (exact) mass is 351 g/mol. The van der Waals surface area contributed by atoms with E-state index in [1.165, 1.54) is 19.2 Å². The van der Waals surface area contributed by atoms with Gasteiger partial charge in [-0.3, -0.25) is 20.0 Å². The molecule has 0 fully saturated rings. The Hall–Kier alpha value is -3.08. The Labute approximate surface area is 140 Å². The summed E-state index contributed by atoms with van der Waals surface area (Å²) in [6.45, 7) is 3.36. The third-order valence-corrected chi connectivity index (χ3v) is 3.17. The molecule has 0 aliphatic rings. The summed E-state index contributed by atoms with van der Waals surface area (Å²) < 4.78 is 6.04. The van der Waals surface area contributed by atoms with Crippen molar-refractivity contribution in [2.75, 3.05) is 6.61 Å². The molecule has 126 valence electrons. The molecule has 1 aromatic heterocycles. The zero-order valence-electron chi connectivity index (χ0n) is 12.7. The average Bonchev–Trinajstić information content (AvgIpc) is 2.53. The maximum atomic E-state index is 11.9. The Kier molecular flexibility index (Phi) is 5.04. The first-order valence-corrected chi connectivity index (χ1v) is 7.12. The molecule has 0 amide bonds. The van der Waals surface area contributed by atoms with Crippen LogP contribution in [0.5, 0.6) is 11.5 Å². The van der Waals surface area contributed by atoms with E-state index >= 15 is 0 Å². The molecule has 0 atom stereocenters. The molecule has 0 saturated heterocycles. The highest BCUT2D eigenvalue weighted by atomic mass is 32.1. The summed E-state index contributed by atoms with van der Waals surface area (Å²) in [5.74, 6) is -0.634. The SMILES string of the molecule is CCOc1cc(/C=N/n2c(=S)[nH]nc(C)c2=O)cc([N+](=O)[O-])c1O. The lowest BCUT2D eigenvalue weighted by Gasteiger charge is -2.07. The van der Waals surface area contributed by atoms with Crippen molar-refractivity contribution in [1.82, 2.24) is 14.9 Å². The summed E-state index contributed by atoms with van der Waals surface area (Å²) in [4.78, 5) is 22.2. The van der Waals surface area contributed by atoms with Crippen molar-refractivity contribution in [3.8, 4) is 11.5 Å². The Balaban J connectivity index is 2.54. The van der Waals surface area contributed by atoms with E-state index in [2.05, 4.69) is 15.3 Å². The van der Waals surface area contributed by atoms with Gasteiger partial charge in [-0.1, -0.05) is 0 Å². The van der Waals surface area contributed by atoms with Gasteiger partial charge in [0, 0.05) is 11.6 Å². The number of ether oxygens (including phenoxy) is 1. The second-order valence-corrected chi connectivity index (χ2v) is 4.94. The molecule has 2 rings (SSSR count). The largest absolute Gasteiger partial charge is 0.500 e. The van der Waals surface area contributed by atoms with Gasteiger partial charge in [-0.2, -0.15) is 14.9 Å². The molecule has 0 aliphatic heterocycles. The van der Waals surface area contributed by atoms with Crippen molar-refractivity contribution >= 4 is 24.1 Å². The first-order valence-electron chi connectivity index (χ1n) is 6.72. The van der Waals surface area contributed by atoms with Gasteiger partial charge in [-0.25, -0.2) is 0 Å². The quantitative estimate of drug-likeness (QED) is 0.360. The number of H-pyrrole nitrogens is 1. The third kappa shape index (κ3) is 3.46. The van der Waals surface area contributed by atoms with Gasteiger partial charge in [0.15, 0.2) is 5.75 Å². The number of hydrogen-bond donors (Lipinski definition) is 2. The maximum absolute atomic E-state index is 11.9. The van der Waals surface area contributed by atoms with Crippen molar-refractivity contribution in [3.05, 3.63) is 48.6 Å². The molecule has 0 bridgehead atoms. The van der Waals surface area contributed by atoms with Crippen LogP contribution in [0, 0.1) is 21.8 Å². The number of aryl methyl sites for hydroxylation is 1. The third-order valence-electron chi connectivity index (χ3n) is 2.91. The van der Waals surface area contributed by atoms with Gasteiger partial charge >= 0.3 is 5.69 Å². The second-order valence-electron chi connectivity index (χ2n) is 4.55. The van der Waals surface area contributed by atoms with Gasteiger partial charge in [-0.15, -0.1) is 0 Å². The Morgan fingerprint density at radius 2 is 2.29 bits per heavy atom.